The Labute approximate surface area is 118 Å². The summed E-state index contributed by atoms with van der Waals surface area (Å²) in [6.45, 7) is 2.19. The third-order valence-corrected chi connectivity index (χ3v) is 3.92. The molecule has 4 N–H and O–H groups in total. The normalized spacial score (nSPS) is 22.2. The van der Waals surface area contributed by atoms with Crippen molar-refractivity contribution in [2.75, 3.05) is 11.1 Å². The molecule has 2 rings (SSSR count). The second-order valence-corrected chi connectivity index (χ2v) is 5.56. The molecule has 1 aliphatic carbocycles. The molecule has 0 spiro atoms. The van der Waals surface area contributed by atoms with E-state index in [4.69, 9.17) is 10.8 Å². The summed E-state index contributed by atoms with van der Waals surface area (Å²) in [5, 5.41) is 11.9. The molecule has 108 valence electrons. The van der Waals surface area contributed by atoms with Gasteiger partial charge in [-0.15, -0.1) is 0 Å². The Morgan fingerprint density at radius 1 is 1.25 bits per heavy atom. The van der Waals surface area contributed by atoms with Gasteiger partial charge in [0.2, 0.25) is 5.91 Å². The minimum Gasteiger partial charge on any atom is -0.478 e. The van der Waals surface area contributed by atoms with Gasteiger partial charge in [-0.3, -0.25) is 4.79 Å². The second-order valence-electron chi connectivity index (χ2n) is 5.56. The lowest BCUT2D eigenvalue weighted by molar-refractivity contribution is -0.121. The van der Waals surface area contributed by atoms with Crippen molar-refractivity contribution < 1.29 is 14.7 Å². The van der Waals surface area contributed by atoms with Crippen molar-refractivity contribution in [1.29, 1.82) is 0 Å². The zero-order valence-electron chi connectivity index (χ0n) is 11.6. The minimum atomic E-state index is -1.09. The Balaban J connectivity index is 2.10. The fourth-order valence-electron chi connectivity index (χ4n) is 2.60. The van der Waals surface area contributed by atoms with E-state index in [-0.39, 0.29) is 17.4 Å². The van der Waals surface area contributed by atoms with E-state index in [1.165, 1.54) is 6.07 Å². The molecule has 1 amide bonds. The molecule has 0 heterocycles. The van der Waals surface area contributed by atoms with Crippen LogP contribution >= 0.6 is 0 Å². The first-order valence-electron chi connectivity index (χ1n) is 6.91. The van der Waals surface area contributed by atoms with Gasteiger partial charge in [0, 0.05) is 11.6 Å². The van der Waals surface area contributed by atoms with E-state index in [9.17, 15) is 9.59 Å². The lowest BCUT2D eigenvalue weighted by Crippen LogP contribution is -2.27. The maximum absolute atomic E-state index is 12.2. The zero-order chi connectivity index (χ0) is 14.7. The van der Waals surface area contributed by atoms with E-state index in [0.717, 1.165) is 25.7 Å². The number of rotatable bonds is 3. The molecule has 0 saturated heterocycles. The monoisotopic (exact) mass is 276 g/mol. The summed E-state index contributed by atoms with van der Waals surface area (Å²) in [6, 6.07) is 4.49. The van der Waals surface area contributed by atoms with Gasteiger partial charge in [-0.05, 0) is 49.8 Å². The average molecular weight is 276 g/mol. The predicted molar refractivity (Wildman–Crippen MR) is 77.6 cm³/mol. The molecule has 1 saturated carbocycles. The molecule has 0 unspecified atom stereocenters. The van der Waals surface area contributed by atoms with Crippen LogP contribution < -0.4 is 11.1 Å². The van der Waals surface area contributed by atoms with Crippen molar-refractivity contribution in [3.8, 4) is 0 Å². The Kier molecular flexibility index (Phi) is 4.27. The fraction of sp³-hybridized carbons (Fsp3) is 0.467. The largest absolute Gasteiger partial charge is 0.478 e. The highest BCUT2D eigenvalue weighted by Crippen LogP contribution is 2.29. The molecular weight excluding hydrogens is 256 g/mol. The number of hydrogen-bond donors (Lipinski definition) is 3. The molecular formula is C15H20N2O3. The summed E-state index contributed by atoms with van der Waals surface area (Å²) < 4.78 is 0. The molecule has 20 heavy (non-hydrogen) atoms. The number of benzene rings is 1. The third kappa shape index (κ3) is 3.29. The standard InChI is InChI=1S/C15H20N2O3/c1-9-2-4-10(5-3-9)14(18)17-13-7-6-11(16)8-12(13)15(19)20/h6-10H,2-5,16H2,1H3,(H,17,18)(H,19,20). The number of aromatic carboxylic acids is 1. The van der Waals surface area contributed by atoms with Gasteiger partial charge in [0.15, 0.2) is 0 Å². The van der Waals surface area contributed by atoms with Crippen LogP contribution in [-0.2, 0) is 4.79 Å². The number of nitrogen functional groups attached to an aromatic ring is 1. The minimum absolute atomic E-state index is 0.0228. The highest BCUT2D eigenvalue weighted by atomic mass is 16.4. The molecule has 0 atom stereocenters. The fourth-order valence-corrected chi connectivity index (χ4v) is 2.60. The lowest BCUT2D eigenvalue weighted by Gasteiger charge is -2.25. The third-order valence-electron chi connectivity index (χ3n) is 3.92. The van der Waals surface area contributed by atoms with Crippen molar-refractivity contribution in [1.82, 2.24) is 0 Å². The Hall–Kier alpha value is -2.04. The van der Waals surface area contributed by atoms with Gasteiger partial charge in [0.1, 0.15) is 0 Å². The van der Waals surface area contributed by atoms with Crippen LogP contribution in [0.2, 0.25) is 0 Å². The highest BCUT2D eigenvalue weighted by molar-refractivity contribution is 6.01. The first-order valence-corrected chi connectivity index (χ1v) is 6.91. The number of nitrogens with one attached hydrogen (secondary N) is 1. The number of anilines is 2. The van der Waals surface area contributed by atoms with Crippen LogP contribution in [0.15, 0.2) is 18.2 Å². The maximum Gasteiger partial charge on any atom is 0.337 e. The summed E-state index contributed by atoms with van der Waals surface area (Å²) in [5.41, 5.74) is 6.29. The number of carboxylic acids is 1. The van der Waals surface area contributed by atoms with Crippen LogP contribution in [0.3, 0.4) is 0 Å². The highest BCUT2D eigenvalue weighted by Gasteiger charge is 2.25. The summed E-state index contributed by atoms with van der Waals surface area (Å²) in [5.74, 6) is -0.537. The summed E-state index contributed by atoms with van der Waals surface area (Å²) in [7, 11) is 0. The maximum atomic E-state index is 12.2. The predicted octanol–water partition coefficient (Wildman–Crippen LogP) is 2.73. The molecule has 5 nitrogen and oxygen atoms in total. The van der Waals surface area contributed by atoms with E-state index < -0.39 is 5.97 Å². The first kappa shape index (κ1) is 14.4. The molecule has 0 radical (unpaired) electrons. The van der Waals surface area contributed by atoms with E-state index in [1.54, 1.807) is 12.1 Å². The topological polar surface area (TPSA) is 92.4 Å². The molecule has 0 bridgehead atoms. The van der Waals surface area contributed by atoms with Gasteiger partial charge < -0.3 is 16.2 Å². The number of carbonyl (C=O) groups is 2. The molecule has 1 fully saturated rings. The van der Waals surface area contributed by atoms with Gasteiger partial charge in [-0.25, -0.2) is 4.79 Å². The van der Waals surface area contributed by atoms with Gasteiger partial charge in [0.05, 0.1) is 11.3 Å². The van der Waals surface area contributed by atoms with Crippen LogP contribution in [0, 0.1) is 11.8 Å². The Morgan fingerprint density at radius 2 is 1.90 bits per heavy atom. The van der Waals surface area contributed by atoms with Gasteiger partial charge in [0.25, 0.3) is 0 Å². The van der Waals surface area contributed by atoms with Crippen LogP contribution in [0.4, 0.5) is 11.4 Å². The van der Waals surface area contributed by atoms with Crippen molar-refractivity contribution in [2.45, 2.75) is 32.6 Å². The Bertz CT molecular complexity index is 520. The van der Waals surface area contributed by atoms with Crippen LogP contribution in [0.25, 0.3) is 0 Å². The molecule has 0 aliphatic heterocycles. The van der Waals surface area contributed by atoms with Crippen molar-refractivity contribution in [3.05, 3.63) is 23.8 Å². The lowest BCUT2D eigenvalue weighted by atomic mass is 9.82. The number of carboxylic acid groups (broad SMARTS) is 1. The molecule has 1 aliphatic rings. The quantitative estimate of drug-likeness (QED) is 0.740. The molecule has 1 aromatic carbocycles. The zero-order valence-corrected chi connectivity index (χ0v) is 11.6. The van der Waals surface area contributed by atoms with Crippen molar-refractivity contribution in [3.63, 3.8) is 0 Å². The first-order chi connectivity index (χ1) is 9.47. The van der Waals surface area contributed by atoms with Crippen molar-refractivity contribution in [2.24, 2.45) is 11.8 Å². The van der Waals surface area contributed by atoms with Crippen LogP contribution in [0.1, 0.15) is 43.0 Å². The summed E-state index contributed by atoms with van der Waals surface area (Å²) in [6.07, 6.45) is 3.83. The van der Waals surface area contributed by atoms with E-state index in [1.807, 2.05) is 0 Å². The summed E-state index contributed by atoms with van der Waals surface area (Å²) in [4.78, 5) is 23.4. The van der Waals surface area contributed by atoms with Crippen LogP contribution in [-0.4, -0.2) is 17.0 Å². The molecule has 5 heteroatoms. The average Bonchev–Trinajstić information content (AvgIpc) is 2.41. The van der Waals surface area contributed by atoms with Gasteiger partial charge in [-0.1, -0.05) is 6.92 Å². The smallest absolute Gasteiger partial charge is 0.337 e. The van der Waals surface area contributed by atoms with Crippen molar-refractivity contribution >= 4 is 23.3 Å². The summed E-state index contributed by atoms with van der Waals surface area (Å²) >= 11 is 0. The van der Waals surface area contributed by atoms with Gasteiger partial charge in [-0.2, -0.15) is 0 Å². The number of amides is 1. The van der Waals surface area contributed by atoms with Crippen LogP contribution in [0.5, 0.6) is 0 Å². The second kappa shape index (κ2) is 5.94. The number of nitrogens with two attached hydrogens (primary N) is 1. The number of hydrogen-bond acceptors (Lipinski definition) is 3. The SMILES string of the molecule is CC1CCC(C(=O)Nc2ccc(N)cc2C(=O)O)CC1. The van der Waals surface area contributed by atoms with E-state index in [0.29, 0.717) is 17.3 Å². The molecule has 0 aromatic heterocycles. The van der Waals surface area contributed by atoms with E-state index in [2.05, 4.69) is 12.2 Å². The van der Waals surface area contributed by atoms with Gasteiger partial charge >= 0.3 is 5.97 Å². The molecule has 1 aromatic rings. The Morgan fingerprint density at radius 3 is 2.50 bits per heavy atom. The number of carbonyl (C=O) groups excluding carboxylic acids is 1. The van der Waals surface area contributed by atoms with E-state index >= 15 is 0 Å².